The highest BCUT2D eigenvalue weighted by molar-refractivity contribution is 7.90. The van der Waals surface area contributed by atoms with Gasteiger partial charge in [0.1, 0.15) is 17.1 Å². The molecule has 1 aromatic carbocycles. The first-order valence-electron chi connectivity index (χ1n) is 9.14. The molecule has 0 spiro atoms. The molecule has 0 bridgehead atoms. The Labute approximate surface area is 164 Å². The fraction of sp³-hybridized carbons (Fsp3) is 0.400. The van der Waals surface area contributed by atoms with E-state index >= 15 is 0 Å². The number of amides is 1. The molecule has 1 N–H and O–H groups in total. The molecule has 0 saturated heterocycles. The Morgan fingerprint density at radius 1 is 1.07 bits per heavy atom. The summed E-state index contributed by atoms with van der Waals surface area (Å²) in [5.41, 5.74) is -1.06. The summed E-state index contributed by atoms with van der Waals surface area (Å²) in [6.07, 6.45) is 3.63. The van der Waals surface area contributed by atoms with Crippen molar-refractivity contribution in [1.29, 1.82) is 0 Å². The highest BCUT2D eigenvalue weighted by Crippen LogP contribution is 2.30. The summed E-state index contributed by atoms with van der Waals surface area (Å²) in [6.45, 7) is 0. The first-order valence-corrected chi connectivity index (χ1v) is 10.8. The normalized spacial score (nSPS) is 16.3. The SMILES string of the molecule is COC(=O)C1(NC(=O)c2ccc(CS(=O)(=O)c3ccccc3)o2)CCCCC1. The van der Waals surface area contributed by atoms with Gasteiger partial charge in [-0.1, -0.05) is 37.5 Å². The zero-order chi connectivity index (χ0) is 20.2. The Bertz CT molecular complexity index is 942. The number of furan rings is 1. The van der Waals surface area contributed by atoms with Crippen molar-refractivity contribution in [2.45, 2.75) is 48.3 Å². The molecule has 1 aromatic heterocycles. The summed E-state index contributed by atoms with van der Waals surface area (Å²) in [5, 5.41) is 2.75. The summed E-state index contributed by atoms with van der Waals surface area (Å²) in [5.74, 6) is -1.27. The molecule has 150 valence electrons. The lowest BCUT2D eigenvalue weighted by atomic mass is 9.81. The maximum absolute atomic E-state index is 12.6. The van der Waals surface area contributed by atoms with E-state index in [1.165, 1.54) is 31.4 Å². The number of esters is 1. The van der Waals surface area contributed by atoms with Crippen LogP contribution in [0.3, 0.4) is 0 Å². The third-order valence-corrected chi connectivity index (χ3v) is 6.61. The zero-order valence-corrected chi connectivity index (χ0v) is 16.5. The molecule has 0 radical (unpaired) electrons. The Morgan fingerprint density at radius 2 is 1.75 bits per heavy atom. The molecule has 0 unspecified atom stereocenters. The number of carbonyl (C=O) groups excluding carboxylic acids is 2. The lowest BCUT2D eigenvalue weighted by Gasteiger charge is -2.34. The lowest BCUT2D eigenvalue weighted by molar-refractivity contribution is -0.149. The number of carbonyl (C=O) groups is 2. The van der Waals surface area contributed by atoms with E-state index in [0.29, 0.717) is 12.8 Å². The van der Waals surface area contributed by atoms with E-state index in [0.717, 1.165) is 19.3 Å². The molecule has 1 saturated carbocycles. The third-order valence-electron chi connectivity index (χ3n) is 4.96. The second kappa shape index (κ2) is 8.18. The van der Waals surface area contributed by atoms with Gasteiger partial charge in [0.15, 0.2) is 15.6 Å². The van der Waals surface area contributed by atoms with Gasteiger partial charge in [0.25, 0.3) is 5.91 Å². The highest BCUT2D eigenvalue weighted by atomic mass is 32.2. The van der Waals surface area contributed by atoms with E-state index in [1.807, 2.05) is 0 Å². The number of benzene rings is 1. The van der Waals surface area contributed by atoms with Crippen LogP contribution in [0.15, 0.2) is 51.8 Å². The van der Waals surface area contributed by atoms with E-state index in [9.17, 15) is 18.0 Å². The fourth-order valence-corrected chi connectivity index (χ4v) is 4.75. The third kappa shape index (κ3) is 4.27. The molecular weight excluding hydrogens is 382 g/mol. The highest BCUT2D eigenvalue weighted by Gasteiger charge is 2.42. The van der Waals surface area contributed by atoms with Crippen LogP contribution in [0.2, 0.25) is 0 Å². The first-order chi connectivity index (χ1) is 13.4. The average Bonchev–Trinajstić information content (AvgIpc) is 3.16. The van der Waals surface area contributed by atoms with Crippen LogP contribution in [0.25, 0.3) is 0 Å². The Kier molecular flexibility index (Phi) is 5.88. The lowest BCUT2D eigenvalue weighted by Crippen LogP contribution is -2.56. The van der Waals surface area contributed by atoms with Crippen LogP contribution in [-0.2, 0) is 25.1 Å². The van der Waals surface area contributed by atoms with Gasteiger partial charge in [-0.25, -0.2) is 13.2 Å². The monoisotopic (exact) mass is 405 g/mol. The molecular formula is C20H23NO6S. The number of hydrogen-bond acceptors (Lipinski definition) is 6. The molecule has 28 heavy (non-hydrogen) atoms. The molecule has 1 aliphatic carbocycles. The van der Waals surface area contributed by atoms with E-state index in [1.54, 1.807) is 18.2 Å². The van der Waals surface area contributed by atoms with Gasteiger partial charge < -0.3 is 14.5 Å². The van der Waals surface area contributed by atoms with Crippen LogP contribution in [0.5, 0.6) is 0 Å². The summed E-state index contributed by atoms with van der Waals surface area (Å²) < 4.78 is 35.3. The second-order valence-corrected chi connectivity index (χ2v) is 8.92. The van der Waals surface area contributed by atoms with Gasteiger partial charge in [0.05, 0.1) is 12.0 Å². The Balaban J connectivity index is 1.74. The topological polar surface area (TPSA) is 103 Å². The minimum atomic E-state index is -3.58. The van der Waals surface area contributed by atoms with Crippen molar-refractivity contribution in [2.75, 3.05) is 7.11 Å². The molecule has 1 fully saturated rings. The molecule has 0 atom stereocenters. The number of ether oxygens (including phenoxy) is 1. The number of hydrogen-bond donors (Lipinski definition) is 1. The van der Waals surface area contributed by atoms with Crippen LogP contribution in [-0.4, -0.2) is 32.9 Å². The van der Waals surface area contributed by atoms with Gasteiger partial charge in [-0.3, -0.25) is 4.79 Å². The van der Waals surface area contributed by atoms with Gasteiger partial charge in [-0.2, -0.15) is 0 Å². The first kappa shape index (κ1) is 20.1. The summed E-state index contributed by atoms with van der Waals surface area (Å²) in [4.78, 5) is 25.1. The molecule has 3 rings (SSSR count). The number of nitrogens with one attached hydrogen (secondary N) is 1. The summed E-state index contributed by atoms with van der Waals surface area (Å²) in [6, 6.07) is 10.9. The molecule has 1 heterocycles. The van der Waals surface area contributed by atoms with E-state index in [2.05, 4.69) is 5.32 Å². The quantitative estimate of drug-likeness (QED) is 0.742. The predicted molar refractivity (Wildman–Crippen MR) is 101 cm³/mol. The minimum absolute atomic E-state index is 0.0351. The zero-order valence-electron chi connectivity index (χ0n) is 15.6. The van der Waals surface area contributed by atoms with Crippen molar-refractivity contribution in [1.82, 2.24) is 5.32 Å². The van der Waals surface area contributed by atoms with E-state index in [4.69, 9.17) is 9.15 Å². The maximum atomic E-state index is 12.6. The second-order valence-electron chi connectivity index (χ2n) is 6.93. The Morgan fingerprint density at radius 3 is 2.39 bits per heavy atom. The van der Waals surface area contributed by atoms with Gasteiger partial charge in [-0.05, 0) is 37.1 Å². The molecule has 0 aliphatic heterocycles. The summed E-state index contributed by atoms with van der Waals surface area (Å²) >= 11 is 0. The van der Waals surface area contributed by atoms with Crippen molar-refractivity contribution in [2.24, 2.45) is 0 Å². The van der Waals surface area contributed by atoms with Crippen LogP contribution in [0.1, 0.15) is 48.4 Å². The minimum Gasteiger partial charge on any atom is -0.467 e. The Hall–Kier alpha value is -2.61. The van der Waals surface area contributed by atoms with Gasteiger partial charge >= 0.3 is 5.97 Å². The van der Waals surface area contributed by atoms with Crippen LogP contribution < -0.4 is 5.32 Å². The number of sulfone groups is 1. The van der Waals surface area contributed by atoms with E-state index in [-0.39, 0.29) is 22.2 Å². The van der Waals surface area contributed by atoms with Crippen molar-refractivity contribution >= 4 is 21.7 Å². The number of rotatable bonds is 6. The molecule has 1 amide bonds. The van der Waals surface area contributed by atoms with Crippen molar-refractivity contribution < 1.29 is 27.2 Å². The van der Waals surface area contributed by atoms with Crippen molar-refractivity contribution in [3.8, 4) is 0 Å². The molecule has 2 aromatic rings. The predicted octanol–water partition coefficient (Wildman–Crippen LogP) is 2.86. The fourth-order valence-electron chi connectivity index (χ4n) is 3.49. The van der Waals surface area contributed by atoms with Crippen LogP contribution in [0, 0.1) is 0 Å². The summed E-state index contributed by atoms with van der Waals surface area (Å²) in [7, 11) is -2.29. The molecule has 7 nitrogen and oxygen atoms in total. The van der Waals surface area contributed by atoms with E-state index < -0.39 is 27.3 Å². The van der Waals surface area contributed by atoms with Gasteiger partial charge in [-0.15, -0.1) is 0 Å². The largest absolute Gasteiger partial charge is 0.467 e. The average molecular weight is 405 g/mol. The standard InChI is InChI=1S/C20H23NO6S/c1-26-19(23)20(12-6-3-7-13-20)21-18(22)17-11-10-15(27-17)14-28(24,25)16-8-4-2-5-9-16/h2,4-5,8-11H,3,6-7,12-14H2,1H3,(H,21,22). The van der Waals surface area contributed by atoms with Crippen molar-refractivity contribution in [3.63, 3.8) is 0 Å². The van der Waals surface area contributed by atoms with Crippen LogP contribution >= 0.6 is 0 Å². The van der Waals surface area contributed by atoms with Gasteiger partial charge in [0.2, 0.25) is 0 Å². The molecule has 8 heteroatoms. The van der Waals surface area contributed by atoms with Gasteiger partial charge in [0, 0.05) is 0 Å². The number of methoxy groups -OCH3 is 1. The maximum Gasteiger partial charge on any atom is 0.331 e. The van der Waals surface area contributed by atoms with Crippen LogP contribution in [0.4, 0.5) is 0 Å². The van der Waals surface area contributed by atoms with Crippen molar-refractivity contribution in [3.05, 3.63) is 54.0 Å². The smallest absolute Gasteiger partial charge is 0.331 e. The molecule has 1 aliphatic rings.